The molecule has 0 saturated carbocycles. The van der Waals surface area contributed by atoms with Gasteiger partial charge in [0.25, 0.3) is 0 Å². The van der Waals surface area contributed by atoms with Crippen LogP contribution in [0.25, 0.3) is 5.57 Å². The van der Waals surface area contributed by atoms with Crippen LogP contribution in [0.5, 0.6) is 0 Å². The molecule has 1 heterocycles. The summed E-state index contributed by atoms with van der Waals surface area (Å²) in [5.41, 5.74) is 7.28. The molecule has 86 valence electrons. The summed E-state index contributed by atoms with van der Waals surface area (Å²) in [6.07, 6.45) is 0.572. The lowest BCUT2D eigenvalue weighted by Crippen LogP contribution is -2.14. The van der Waals surface area contributed by atoms with Gasteiger partial charge >= 0.3 is 0 Å². The zero-order valence-corrected chi connectivity index (χ0v) is 11.2. The predicted octanol–water partition coefficient (Wildman–Crippen LogP) is 2.31. The second-order valence-corrected chi connectivity index (χ2v) is 6.57. The topological polar surface area (TPSA) is 60.2 Å². The first-order valence-corrected chi connectivity index (χ1v) is 7.26. The van der Waals surface area contributed by atoms with Crippen molar-refractivity contribution < 1.29 is 8.42 Å². The number of hydrogen-bond donors (Lipinski definition) is 1. The van der Waals surface area contributed by atoms with Crippen molar-refractivity contribution in [2.75, 3.05) is 0 Å². The Morgan fingerprint density at radius 1 is 1.44 bits per heavy atom. The first-order chi connectivity index (χ1) is 7.42. The highest BCUT2D eigenvalue weighted by Gasteiger charge is 2.29. The number of sulfone groups is 1. The Bertz CT molecular complexity index is 561. The van der Waals surface area contributed by atoms with E-state index in [-0.39, 0.29) is 6.04 Å². The highest BCUT2D eigenvalue weighted by molar-refractivity contribution is 9.10. The molecule has 0 saturated heterocycles. The molecule has 0 aliphatic carbocycles. The molecule has 0 radical (unpaired) electrons. The van der Waals surface area contributed by atoms with Gasteiger partial charge in [0.05, 0.1) is 4.90 Å². The summed E-state index contributed by atoms with van der Waals surface area (Å²) in [7, 11) is -3.30. The molecule has 1 unspecified atom stereocenters. The molecule has 0 bridgehead atoms. The average molecular weight is 302 g/mol. The SMILES string of the molecule is CC(N)CC1=CS(=O)(=O)c2c(Br)cccc21. The van der Waals surface area contributed by atoms with Gasteiger partial charge in [-0.25, -0.2) is 8.42 Å². The van der Waals surface area contributed by atoms with Gasteiger partial charge in [0, 0.05) is 15.9 Å². The zero-order valence-electron chi connectivity index (χ0n) is 8.77. The number of halogens is 1. The Morgan fingerprint density at radius 3 is 2.75 bits per heavy atom. The van der Waals surface area contributed by atoms with Gasteiger partial charge in [0.1, 0.15) is 0 Å². The van der Waals surface area contributed by atoms with Crippen LogP contribution in [0.2, 0.25) is 0 Å². The fraction of sp³-hybridized carbons (Fsp3) is 0.273. The van der Waals surface area contributed by atoms with Crippen molar-refractivity contribution in [2.45, 2.75) is 24.3 Å². The van der Waals surface area contributed by atoms with E-state index in [0.717, 1.165) is 11.1 Å². The zero-order chi connectivity index (χ0) is 11.9. The Morgan fingerprint density at radius 2 is 2.12 bits per heavy atom. The monoisotopic (exact) mass is 301 g/mol. The van der Waals surface area contributed by atoms with Crippen LogP contribution in [0.15, 0.2) is 33.0 Å². The fourth-order valence-corrected chi connectivity index (χ4v) is 4.47. The van der Waals surface area contributed by atoms with E-state index in [1.54, 1.807) is 6.07 Å². The summed E-state index contributed by atoms with van der Waals surface area (Å²) in [5.74, 6) is 0. The molecule has 0 spiro atoms. The van der Waals surface area contributed by atoms with Crippen LogP contribution in [-0.4, -0.2) is 14.5 Å². The first kappa shape index (κ1) is 11.8. The van der Waals surface area contributed by atoms with Crippen molar-refractivity contribution in [1.82, 2.24) is 0 Å². The summed E-state index contributed by atoms with van der Waals surface area (Å²) >= 11 is 3.27. The molecule has 1 aromatic carbocycles. The Hall–Kier alpha value is -0.650. The molecule has 0 aromatic heterocycles. The minimum absolute atomic E-state index is 0.0496. The van der Waals surface area contributed by atoms with E-state index in [0.29, 0.717) is 15.8 Å². The molecule has 3 nitrogen and oxygen atoms in total. The van der Waals surface area contributed by atoms with E-state index in [9.17, 15) is 8.42 Å². The van der Waals surface area contributed by atoms with E-state index in [1.165, 1.54) is 5.41 Å². The lowest BCUT2D eigenvalue weighted by molar-refractivity contribution is 0.605. The van der Waals surface area contributed by atoms with Crippen molar-refractivity contribution in [1.29, 1.82) is 0 Å². The van der Waals surface area contributed by atoms with E-state index in [2.05, 4.69) is 15.9 Å². The molecule has 1 aliphatic heterocycles. The van der Waals surface area contributed by atoms with Crippen molar-refractivity contribution in [3.8, 4) is 0 Å². The quantitative estimate of drug-likeness (QED) is 0.912. The van der Waals surface area contributed by atoms with Crippen LogP contribution in [0, 0.1) is 0 Å². The minimum Gasteiger partial charge on any atom is -0.328 e. The molecular weight excluding hydrogens is 290 g/mol. The van der Waals surface area contributed by atoms with Gasteiger partial charge in [-0.3, -0.25) is 0 Å². The molecule has 16 heavy (non-hydrogen) atoms. The summed E-state index contributed by atoms with van der Waals surface area (Å²) in [6, 6.07) is 5.34. The Labute approximate surface area is 103 Å². The summed E-state index contributed by atoms with van der Waals surface area (Å²) in [6.45, 7) is 1.86. The third-order valence-corrected chi connectivity index (χ3v) is 4.96. The molecule has 0 amide bonds. The number of benzene rings is 1. The summed E-state index contributed by atoms with van der Waals surface area (Å²) in [5, 5.41) is 1.33. The first-order valence-electron chi connectivity index (χ1n) is 4.92. The normalized spacial score (nSPS) is 19.1. The van der Waals surface area contributed by atoms with Crippen LogP contribution in [-0.2, 0) is 9.84 Å². The van der Waals surface area contributed by atoms with E-state index >= 15 is 0 Å². The van der Waals surface area contributed by atoms with Crippen LogP contribution in [0.4, 0.5) is 0 Å². The standard InChI is InChI=1S/C11H12BrNO2S/c1-7(13)5-8-6-16(14,15)11-9(8)3-2-4-10(11)12/h2-4,6-7H,5,13H2,1H3. The summed E-state index contributed by atoms with van der Waals surface area (Å²) < 4.78 is 24.4. The highest BCUT2D eigenvalue weighted by atomic mass is 79.9. The maximum absolute atomic E-state index is 11.9. The third kappa shape index (κ3) is 1.95. The van der Waals surface area contributed by atoms with Crippen LogP contribution < -0.4 is 5.73 Å². The molecule has 1 atom stereocenters. The number of fused-ring (bicyclic) bond motifs is 1. The van der Waals surface area contributed by atoms with Gasteiger partial charge in [0.15, 0.2) is 0 Å². The van der Waals surface area contributed by atoms with Crippen molar-refractivity contribution >= 4 is 31.3 Å². The van der Waals surface area contributed by atoms with Gasteiger partial charge in [-0.2, -0.15) is 0 Å². The molecule has 2 rings (SSSR count). The third-order valence-electron chi connectivity index (χ3n) is 2.44. The van der Waals surface area contributed by atoms with Gasteiger partial charge in [-0.1, -0.05) is 12.1 Å². The maximum atomic E-state index is 11.9. The van der Waals surface area contributed by atoms with Gasteiger partial charge in [0.2, 0.25) is 9.84 Å². The van der Waals surface area contributed by atoms with Gasteiger partial charge in [-0.05, 0) is 46.5 Å². The van der Waals surface area contributed by atoms with Crippen molar-refractivity contribution in [3.63, 3.8) is 0 Å². The Kier molecular flexibility index (Phi) is 2.94. The lowest BCUT2D eigenvalue weighted by atomic mass is 10.0. The number of nitrogens with two attached hydrogens (primary N) is 1. The number of rotatable bonds is 2. The Balaban J connectivity index is 2.61. The van der Waals surface area contributed by atoms with Gasteiger partial charge < -0.3 is 5.73 Å². The van der Waals surface area contributed by atoms with Crippen LogP contribution in [0.3, 0.4) is 0 Å². The van der Waals surface area contributed by atoms with Crippen molar-refractivity contribution in [2.24, 2.45) is 5.73 Å². The predicted molar refractivity (Wildman–Crippen MR) is 67.6 cm³/mol. The van der Waals surface area contributed by atoms with Gasteiger partial charge in [-0.15, -0.1) is 0 Å². The summed E-state index contributed by atoms with van der Waals surface area (Å²) in [4.78, 5) is 0.366. The molecule has 1 aromatic rings. The number of hydrogen-bond acceptors (Lipinski definition) is 3. The smallest absolute Gasteiger partial charge is 0.201 e. The lowest BCUT2D eigenvalue weighted by Gasteiger charge is -2.07. The molecular formula is C11H12BrNO2S. The van der Waals surface area contributed by atoms with Crippen LogP contribution >= 0.6 is 15.9 Å². The van der Waals surface area contributed by atoms with E-state index in [4.69, 9.17) is 5.73 Å². The second-order valence-electron chi connectivity index (χ2n) is 3.99. The minimum atomic E-state index is -3.30. The second kappa shape index (κ2) is 3.98. The molecule has 2 N–H and O–H groups in total. The highest BCUT2D eigenvalue weighted by Crippen LogP contribution is 2.39. The van der Waals surface area contributed by atoms with E-state index in [1.807, 2.05) is 19.1 Å². The van der Waals surface area contributed by atoms with Crippen molar-refractivity contribution in [3.05, 3.63) is 33.6 Å². The molecule has 5 heteroatoms. The average Bonchev–Trinajstić information content (AvgIpc) is 2.38. The van der Waals surface area contributed by atoms with Crippen LogP contribution in [0.1, 0.15) is 18.9 Å². The fourth-order valence-electron chi connectivity index (χ4n) is 1.87. The van der Waals surface area contributed by atoms with E-state index < -0.39 is 9.84 Å². The maximum Gasteiger partial charge on any atom is 0.201 e. The molecule has 1 aliphatic rings. The largest absolute Gasteiger partial charge is 0.328 e. The molecule has 0 fully saturated rings.